The Morgan fingerprint density at radius 1 is 1.50 bits per heavy atom. The van der Waals surface area contributed by atoms with Gasteiger partial charge < -0.3 is 14.5 Å². The van der Waals surface area contributed by atoms with Crippen LogP contribution < -0.4 is 4.90 Å². The van der Waals surface area contributed by atoms with Gasteiger partial charge in [0.05, 0.1) is 5.69 Å². The molecule has 0 bridgehead atoms. The van der Waals surface area contributed by atoms with Crippen molar-refractivity contribution in [2.45, 2.75) is 32.8 Å². The van der Waals surface area contributed by atoms with Gasteiger partial charge in [0, 0.05) is 26.7 Å². The highest BCUT2D eigenvalue weighted by atomic mass is 19.1. The lowest BCUT2D eigenvalue weighted by Crippen LogP contribution is -2.37. The van der Waals surface area contributed by atoms with Gasteiger partial charge in [0.1, 0.15) is 23.1 Å². The van der Waals surface area contributed by atoms with Crippen LogP contribution in [0.25, 0.3) is 0 Å². The van der Waals surface area contributed by atoms with Gasteiger partial charge in [-0.25, -0.2) is 9.18 Å². The van der Waals surface area contributed by atoms with Gasteiger partial charge in [-0.1, -0.05) is 6.07 Å². The monoisotopic (exact) mass is 333 g/mol. The molecule has 1 atom stereocenters. The Labute approximate surface area is 142 Å². The molecular weight excluding hydrogens is 309 g/mol. The average Bonchev–Trinajstić information content (AvgIpc) is 2.93. The second-order valence-electron chi connectivity index (χ2n) is 7.21. The van der Waals surface area contributed by atoms with E-state index in [1.165, 1.54) is 6.07 Å². The molecule has 0 spiro atoms. The number of carbonyl (C=O) groups excluding carboxylic acids is 1. The second-order valence-corrected chi connectivity index (χ2v) is 7.21. The normalized spacial score (nSPS) is 17.5. The van der Waals surface area contributed by atoms with Gasteiger partial charge in [0.2, 0.25) is 0 Å². The number of nitriles is 1. The summed E-state index contributed by atoms with van der Waals surface area (Å²) in [5, 5.41) is 9.17. The zero-order valence-corrected chi connectivity index (χ0v) is 14.7. The summed E-state index contributed by atoms with van der Waals surface area (Å²) in [5.41, 5.74) is 0.189. The molecule has 1 aliphatic rings. The summed E-state index contributed by atoms with van der Waals surface area (Å²) in [6, 6.07) is 6.62. The molecule has 0 aromatic heterocycles. The highest BCUT2D eigenvalue weighted by Crippen LogP contribution is 2.28. The van der Waals surface area contributed by atoms with Crippen LogP contribution in [-0.4, -0.2) is 43.3 Å². The third kappa shape index (κ3) is 4.38. The van der Waals surface area contributed by atoms with Crippen LogP contribution >= 0.6 is 0 Å². The molecule has 6 heteroatoms. The molecule has 0 radical (unpaired) electrons. The molecule has 0 aliphatic carbocycles. The molecule has 0 saturated carbocycles. The predicted octanol–water partition coefficient (Wildman–Crippen LogP) is 3.39. The Hall–Kier alpha value is -2.29. The van der Waals surface area contributed by atoms with Gasteiger partial charge in [0.25, 0.3) is 0 Å². The predicted molar refractivity (Wildman–Crippen MR) is 90.3 cm³/mol. The molecule has 130 valence electrons. The molecule has 1 amide bonds. The molecule has 5 nitrogen and oxygen atoms in total. The Balaban J connectivity index is 1.98. The molecule has 1 saturated heterocycles. The van der Waals surface area contributed by atoms with Crippen molar-refractivity contribution in [3.63, 3.8) is 0 Å². The fraction of sp³-hybridized carbons (Fsp3) is 0.556. The lowest BCUT2D eigenvalue weighted by atomic mass is 10.1. The standard InChI is InChI=1S/C18H24FN3O2/c1-18(2,3)24-17(23)21(4)11-13-8-9-22(12-13)16-7-5-6-15(19)14(16)10-20/h5-7,13H,8-9,11-12H2,1-4H3. The van der Waals surface area contributed by atoms with E-state index in [1.54, 1.807) is 24.1 Å². The number of anilines is 1. The van der Waals surface area contributed by atoms with Crippen LogP contribution in [0.5, 0.6) is 0 Å². The van der Waals surface area contributed by atoms with Crippen molar-refractivity contribution < 1.29 is 13.9 Å². The Morgan fingerprint density at radius 3 is 2.83 bits per heavy atom. The van der Waals surface area contributed by atoms with E-state index in [9.17, 15) is 9.18 Å². The van der Waals surface area contributed by atoms with Gasteiger partial charge in [-0.15, -0.1) is 0 Å². The number of carbonyl (C=O) groups is 1. The highest BCUT2D eigenvalue weighted by Gasteiger charge is 2.28. The molecule has 2 rings (SSSR count). The van der Waals surface area contributed by atoms with E-state index in [0.717, 1.165) is 13.0 Å². The first-order valence-electron chi connectivity index (χ1n) is 8.09. The molecule has 24 heavy (non-hydrogen) atoms. The zero-order valence-electron chi connectivity index (χ0n) is 14.7. The van der Waals surface area contributed by atoms with Gasteiger partial charge in [-0.2, -0.15) is 5.26 Å². The van der Waals surface area contributed by atoms with Crippen molar-refractivity contribution in [1.82, 2.24) is 4.90 Å². The van der Waals surface area contributed by atoms with Gasteiger partial charge >= 0.3 is 6.09 Å². The number of hydrogen-bond acceptors (Lipinski definition) is 4. The lowest BCUT2D eigenvalue weighted by Gasteiger charge is -2.26. The van der Waals surface area contributed by atoms with Gasteiger partial charge in [0.15, 0.2) is 0 Å². The fourth-order valence-corrected chi connectivity index (χ4v) is 2.89. The summed E-state index contributed by atoms with van der Waals surface area (Å²) in [5.74, 6) is -0.235. The van der Waals surface area contributed by atoms with E-state index in [1.807, 2.05) is 31.7 Å². The maximum Gasteiger partial charge on any atom is 0.410 e. The van der Waals surface area contributed by atoms with Crippen molar-refractivity contribution >= 4 is 11.8 Å². The van der Waals surface area contributed by atoms with Crippen molar-refractivity contribution in [3.05, 3.63) is 29.6 Å². The van der Waals surface area contributed by atoms with E-state index >= 15 is 0 Å². The molecule has 1 unspecified atom stereocenters. The molecule has 1 aromatic rings. The van der Waals surface area contributed by atoms with E-state index in [-0.39, 0.29) is 17.6 Å². The summed E-state index contributed by atoms with van der Waals surface area (Å²) in [6.45, 7) is 7.51. The number of rotatable bonds is 3. The summed E-state index contributed by atoms with van der Waals surface area (Å²) in [4.78, 5) is 15.6. The summed E-state index contributed by atoms with van der Waals surface area (Å²) >= 11 is 0. The first-order chi connectivity index (χ1) is 11.2. The van der Waals surface area contributed by atoms with Crippen molar-refractivity contribution in [3.8, 4) is 6.07 Å². The van der Waals surface area contributed by atoms with Crippen molar-refractivity contribution in [1.29, 1.82) is 5.26 Å². The molecule has 1 fully saturated rings. The number of halogens is 1. The summed E-state index contributed by atoms with van der Waals surface area (Å²) in [6.07, 6.45) is 0.540. The van der Waals surface area contributed by atoms with E-state index in [4.69, 9.17) is 10.00 Å². The second kappa shape index (κ2) is 7.08. The lowest BCUT2D eigenvalue weighted by molar-refractivity contribution is 0.0277. The van der Waals surface area contributed by atoms with Crippen LogP contribution in [0.3, 0.4) is 0 Å². The maximum absolute atomic E-state index is 13.8. The van der Waals surface area contributed by atoms with Crippen LogP contribution in [0.1, 0.15) is 32.8 Å². The number of benzene rings is 1. The minimum Gasteiger partial charge on any atom is -0.444 e. The van der Waals surface area contributed by atoms with Gasteiger partial charge in [-0.05, 0) is 45.2 Å². The summed E-state index contributed by atoms with van der Waals surface area (Å²) < 4.78 is 19.1. The largest absolute Gasteiger partial charge is 0.444 e. The van der Waals surface area contributed by atoms with Crippen molar-refractivity contribution in [2.24, 2.45) is 5.92 Å². The first-order valence-corrected chi connectivity index (χ1v) is 8.09. The maximum atomic E-state index is 13.8. The van der Waals surface area contributed by atoms with Gasteiger partial charge in [-0.3, -0.25) is 0 Å². The molecule has 1 heterocycles. The SMILES string of the molecule is CN(CC1CCN(c2cccc(F)c2C#N)C1)C(=O)OC(C)(C)C. The van der Waals surface area contributed by atoms with Crippen LogP contribution in [0.15, 0.2) is 18.2 Å². The van der Waals surface area contributed by atoms with E-state index in [2.05, 4.69) is 0 Å². The average molecular weight is 333 g/mol. The molecule has 1 aliphatic heterocycles. The molecule has 0 N–H and O–H groups in total. The minimum atomic E-state index is -0.518. The third-order valence-corrected chi connectivity index (χ3v) is 3.97. The summed E-state index contributed by atoms with van der Waals surface area (Å²) in [7, 11) is 1.72. The fourth-order valence-electron chi connectivity index (χ4n) is 2.89. The number of hydrogen-bond donors (Lipinski definition) is 0. The Kier molecular flexibility index (Phi) is 5.33. The smallest absolute Gasteiger partial charge is 0.410 e. The molecular formula is C18H24FN3O2. The van der Waals surface area contributed by atoms with E-state index < -0.39 is 11.4 Å². The van der Waals surface area contributed by atoms with Crippen LogP contribution in [0.2, 0.25) is 0 Å². The minimum absolute atomic E-state index is 0.0821. The van der Waals surface area contributed by atoms with Crippen LogP contribution in [-0.2, 0) is 4.74 Å². The van der Waals surface area contributed by atoms with Crippen LogP contribution in [0, 0.1) is 23.1 Å². The number of amides is 1. The van der Waals surface area contributed by atoms with Crippen molar-refractivity contribution in [2.75, 3.05) is 31.6 Å². The Bertz CT molecular complexity index is 649. The van der Waals surface area contributed by atoms with Crippen LogP contribution in [0.4, 0.5) is 14.9 Å². The highest BCUT2D eigenvalue weighted by molar-refractivity contribution is 5.67. The Morgan fingerprint density at radius 2 is 2.21 bits per heavy atom. The number of ether oxygens (including phenoxy) is 1. The number of nitrogens with zero attached hydrogens (tertiary/aromatic N) is 3. The quantitative estimate of drug-likeness (QED) is 0.851. The third-order valence-electron chi connectivity index (χ3n) is 3.97. The van der Waals surface area contributed by atoms with E-state index in [0.29, 0.717) is 18.8 Å². The molecule has 1 aromatic carbocycles. The zero-order chi connectivity index (χ0) is 17.9. The first kappa shape index (κ1) is 18.1. The topological polar surface area (TPSA) is 56.6 Å².